The van der Waals surface area contributed by atoms with Gasteiger partial charge in [0, 0.05) is 36.6 Å². The second-order valence-corrected chi connectivity index (χ2v) is 7.85. The highest BCUT2D eigenvalue weighted by molar-refractivity contribution is 7.89. The number of hydrogen-bond acceptors (Lipinski definition) is 4. The van der Waals surface area contributed by atoms with E-state index in [1.54, 1.807) is 18.3 Å². The molecule has 128 valence electrons. The molecular weight excluding hydrogens is 326 g/mol. The number of aromatic amines is 1. The molecule has 0 saturated carbocycles. The van der Waals surface area contributed by atoms with Gasteiger partial charge < -0.3 is 4.98 Å². The van der Waals surface area contributed by atoms with Crippen molar-refractivity contribution in [1.29, 1.82) is 0 Å². The third-order valence-electron chi connectivity index (χ3n) is 3.91. The maximum Gasteiger partial charge on any atom is 0.242 e. The molecule has 0 aliphatic heterocycles. The molecule has 3 rings (SSSR count). The standard InChI is InChI=1S/C16H21N5O2S/c1-11(10-21-13(3)7-12(2)20-21)8-19-24(22,23)15-9-18-16-14(15)5-4-6-17-16/h4-7,9,11,19H,8,10H2,1-3H3,(H,17,18). The van der Waals surface area contributed by atoms with Crippen LogP contribution in [-0.2, 0) is 16.6 Å². The molecule has 3 aromatic heterocycles. The van der Waals surface area contributed by atoms with Crippen molar-refractivity contribution in [3.05, 3.63) is 42.0 Å². The average Bonchev–Trinajstić information content (AvgIpc) is 3.09. The minimum atomic E-state index is -3.59. The van der Waals surface area contributed by atoms with Crippen LogP contribution in [0.15, 0.2) is 35.5 Å². The fourth-order valence-electron chi connectivity index (χ4n) is 2.70. The van der Waals surface area contributed by atoms with Crippen LogP contribution in [0.4, 0.5) is 0 Å². The zero-order valence-electron chi connectivity index (χ0n) is 13.9. The second kappa shape index (κ2) is 6.37. The number of aryl methyl sites for hydroxylation is 2. The monoisotopic (exact) mass is 347 g/mol. The number of aromatic nitrogens is 4. The number of hydrogen-bond donors (Lipinski definition) is 2. The zero-order valence-corrected chi connectivity index (χ0v) is 14.8. The molecule has 3 heterocycles. The van der Waals surface area contributed by atoms with Crippen LogP contribution in [0.1, 0.15) is 18.3 Å². The third kappa shape index (κ3) is 3.34. The van der Waals surface area contributed by atoms with E-state index < -0.39 is 10.0 Å². The van der Waals surface area contributed by atoms with Crippen molar-refractivity contribution in [3.8, 4) is 0 Å². The molecule has 0 amide bonds. The van der Waals surface area contributed by atoms with Gasteiger partial charge in [-0.3, -0.25) is 4.68 Å². The minimum Gasteiger partial charge on any atom is -0.345 e. The van der Waals surface area contributed by atoms with E-state index in [0.29, 0.717) is 24.1 Å². The molecule has 0 fully saturated rings. The smallest absolute Gasteiger partial charge is 0.242 e. The Balaban J connectivity index is 1.70. The lowest BCUT2D eigenvalue weighted by molar-refractivity contribution is 0.436. The molecule has 0 saturated heterocycles. The fraction of sp³-hybridized carbons (Fsp3) is 0.375. The Labute approximate surface area is 141 Å². The van der Waals surface area contributed by atoms with Gasteiger partial charge in [-0.1, -0.05) is 6.92 Å². The molecule has 0 spiro atoms. The van der Waals surface area contributed by atoms with Gasteiger partial charge in [-0.05, 0) is 38.0 Å². The molecule has 0 aromatic carbocycles. The van der Waals surface area contributed by atoms with E-state index in [9.17, 15) is 8.42 Å². The van der Waals surface area contributed by atoms with Gasteiger partial charge >= 0.3 is 0 Å². The van der Waals surface area contributed by atoms with Crippen LogP contribution in [0.25, 0.3) is 11.0 Å². The Morgan fingerprint density at radius 2 is 2.17 bits per heavy atom. The summed E-state index contributed by atoms with van der Waals surface area (Å²) in [5, 5.41) is 5.01. The quantitative estimate of drug-likeness (QED) is 0.713. The molecule has 1 unspecified atom stereocenters. The van der Waals surface area contributed by atoms with Gasteiger partial charge in [-0.2, -0.15) is 5.10 Å². The van der Waals surface area contributed by atoms with Crippen molar-refractivity contribution in [3.63, 3.8) is 0 Å². The Hall–Kier alpha value is -2.19. The van der Waals surface area contributed by atoms with Gasteiger partial charge in [0.2, 0.25) is 10.0 Å². The summed E-state index contributed by atoms with van der Waals surface area (Å²) in [7, 11) is -3.59. The van der Waals surface area contributed by atoms with Gasteiger partial charge in [-0.15, -0.1) is 0 Å². The van der Waals surface area contributed by atoms with Gasteiger partial charge in [0.15, 0.2) is 0 Å². The molecule has 0 bridgehead atoms. The number of nitrogens with zero attached hydrogens (tertiary/aromatic N) is 3. The van der Waals surface area contributed by atoms with E-state index in [2.05, 4.69) is 19.8 Å². The number of fused-ring (bicyclic) bond motifs is 1. The molecule has 1 atom stereocenters. The van der Waals surface area contributed by atoms with E-state index >= 15 is 0 Å². The molecule has 24 heavy (non-hydrogen) atoms. The van der Waals surface area contributed by atoms with Crippen molar-refractivity contribution >= 4 is 21.1 Å². The van der Waals surface area contributed by atoms with Crippen LogP contribution in [0, 0.1) is 19.8 Å². The summed E-state index contributed by atoms with van der Waals surface area (Å²) in [4.78, 5) is 7.23. The third-order valence-corrected chi connectivity index (χ3v) is 5.38. The first-order chi connectivity index (χ1) is 11.4. The van der Waals surface area contributed by atoms with Crippen LogP contribution in [0.5, 0.6) is 0 Å². The average molecular weight is 347 g/mol. The van der Waals surface area contributed by atoms with Crippen molar-refractivity contribution in [1.82, 2.24) is 24.5 Å². The first kappa shape index (κ1) is 16.7. The Bertz CT molecular complexity index is 958. The predicted octanol–water partition coefficient (Wildman–Crippen LogP) is 1.99. The second-order valence-electron chi connectivity index (χ2n) is 6.12. The van der Waals surface area contributed by atoms with Gasteiger partial charge in [0.05, 0.1) is 5.69 Å². The summed E-state index contributed by atoms with van der Waals surface area (Å²) in [6.07, 6.45) is 3.10. The highest BCUT2D eigenvalue weighted by Crippen LogP contribution is 2.20. The summed E-state index contributed by atoms with van der Waals surface area (Å²) < 4.78 is 29.7. The van der Waals surface area contributed by atoms with E-state index in [1.807, 2.05) is 31.5 Å². The zero-order chi connectivity index (χ0) is 17.3. The van der Waals surface area contributed by atoms with Gasteiger partial charge in [-0.25, -0.2) is 18.1 Å². The number of pyridine rings is 1. The molecular formula is C16H21N5O2S. The highest BCUT2D eigenvalue weighted by atomic mass is 32.2. The van der Waals surface area contributed by atoms with Crippen LogP contribution in [-0.4, -0.2) is 34.7 Å². The summed E-state index contributed by atoms with van der Waals surface area (Å²) in [6, 6.07) is 5.48. The van der Waals surface area contributed by atoms with Crippen molar-refractivity contribution < 1.29 is 8.42 Å². The molecule has 0 radical (unpaired) electrons. The predicted molar refractivity (Wildman–Crippen MR) is 92.1 cm³/mol. The van der Waals surface area contributed by atoms with E-state index in [-0.39, 0.29) is 10.8 Å². The molecule has 7 nitrogen and oxygen atoms in total. The molecule has 3 aromatic rings. The maximum absolute atomic E-state index is 12.6. The summed E-state index contributed by atoms with van der Waals surface area (Å²) in [5.41, 5.74) is 2.60. The lowest BCUT2D eigenvalue weighted by Gasteiger charge is -2.14. The normalized spacial score (nSPS) is 13.5. The van der Waals surface area contributed by atoms with Crippen molar-refractivity contribution in [2.24, 2.45) is 5.92 Å². The SMILES string of the molecule is Cc1cc(C)n(CC(C)CNS(=O)(=O)c2c[nH]c3ncccc23)n1. The van der Waals surface area contributed by atoms with Crippen molar-refractivity contribution in [2.75, 3.05) is 6.54 Å². The largest absolute Gasteiger partial charge is 0.345 e. The first-order valence-corrected chi connectivity index (χ1v) is 9.28. The summed E-state index contributed by atoms with van der Waals surface area (Å²) in [5.74, 6) is 0.112. The fourth-order valence-corrected chi connectivity index (χ4v) is 4.03. The molecule has 0 aliphatic rings. The number of rotatable bonds is 6. The van der Waals surface area contributed by atoms with Crippen LogP contribution in [0.2, 0.25) is 0 Å². The summed E-state index contributed by atoms with van der Waals surface area (Å²) >= 11 is 0. The number of sulfonamides is 1. The van der Waals surface area contributed by atoms with Crippen LogP contribution >= 0.6 is 0 Å². The van der Waals surface area contributed by atoms with Crippen LogP contribution in [0.3, 0.4) is 0 Å². The van der Waals surface area contributed by atoms with E-state index in [4.69, 9.17) is 0 Å². The minimum absolute atomic E-state index is 0.112. The van der Waals surface area contributed by atoms with E-state index in [1.165, 1.54) is 6.20 Å². The highest BCUT2D eigenvalue weighted by Gasteiger charge is 2.20. The van der Waals surface area contributed by atoms with Gasteiger partial charge in [0.1, 0.15) is 10.5 Å². The molecule has 0 aliphatic carbocycles. The number of nitrogens with one attached hydrogen (secondary N) is 2. The lowest BCUT2D eigenvalue weighted by Crippen LogP contribution is -2.30. The van der Waals surface area contributed by atoms with Gasteiger partial charge in [0.25, 0.3) is 0 Å². The Kier molecular flexibility index (Phi) is 4.42. The summed E-state index contributed by atoms with van der Waals surface area (Å²) in [6.45, 7) is 6.94. The maximum atomic E-state index is 12.6. The first-order valence-electron chi connectivity index (χ1n) is 7.79. The Morgan fingerprint density at radius 1 is 1.38 bits per heavy atom. The lowest BCUT2D eigenvalue weighted by atomic mass is 10.2. The topological polar surface area (TPSA) is 92.7 Å². The Morgan fingerprint density at radius 3 is 2.88 bits per heavy atom. The molecule has 2 N–H and O–H groups in total. The number of H-pyrrole nitrogens is 1. The van der Waals surface area contributed by atoms with Crippen molar-refractivity contribution in [2.45, 2.75) is 32.2 Å². The molecule has 8 heteroatoms. The van der Waals surface area contributed by atoms with Crippen LogP contribution < -0.4 is 4.72 Å². The van der Waals surface area contributed by atoms with E-state index in [0.717, 1.165) is 11.4 Å².